The summed E-state index contributed by atoms with van der Waals surface area (Å²) in [5, 5.41) is 12.8. The SMILES string of the molecule is [2H]C([2H])([2H])C(c1ccc(-c2ccc(-n3c(-c4cc(C(C)(C)C)cc(C(C)(C)C)c4O)nc4c(-c5cc(-c6ccccc6)cc(-c6cc(-c7ccc(-c8ccccc8)cc7)ccn6)c5)cccc43)c(-c3ccccc3)c2)cc1)(C([2H])([2H])[2H])C([2H])([2H])[2H]. The molecule has 0 spiro atoms. The zero-order chi connectivity index (χ0) is 60.4. The minimum absolute atomic E-state index is 0.118. The first-order valence-corrected chi connectivity index (χ1v) is 25.8. The standard InChI is InChI=1S/C72H65N3O/c1-70(2,3)58-35-32-51(33-36-58)53-34-37-65(61(43-53)52-24-17-12-18-25-52)75-66-27-19-26-60(67(66)74-69(75)62-45-59(71(4,5)6)46-63(68(62)76)72(7,8)9)56-40-55(48-22-15-11-16-23-48)41-57(42-56)64-44-54(38-39-73-64)50-30-28-49(29-31-50)47-20-13-10-14-21-47/h10-46,76H,1-9H3/i1D3,2D3,3D3. The molecule has 0 fully saturated rings. The van der Waals surface area contributed by atoms with Crippen molar-refractivity contribution >= 4 is 11.0 Å². The van der Waals surface area contributed by atoms with E-state index in [4.69, 9.17) is 22.3 Å². The van der Waals surface area contributed by atoms with Crippen molar-refractivity contribution < 1.29 is 17.4 Å². The first-order valence-electron chi connectivity index (χ1n) is 30.3. The number of para-hydroxylation sites is 1. The summed E-state index contributed by atoms with van der Waals surface area (Å²) in [6.07, 6.45) is 1.86. The highest BCUT2D eigenvalue weighted by Crippen LogP contribution is 2.46. The number of aromatic hydroxyl groups is 1. The first-order chi connectivity index (χ1) is 40.2. The molecule has 0 aliphatic rings. The Hall–Kier alpha value is -8.60. The lowest BCUT2D eigenvalue weighted by molar-refractivity contribution is 0.446. The molecule has 0 radical (unpaired) electrons. The third kappa shape index (κ3) is 9.80. The highest BCUT2D eigenvalue weighted by Gasteiger charge is 2.30. The molecule has 0 saturated heterocycles. The molecule has 4 nitrogen and oxygen atoms in total. The van der Waals surface area contributed by atoms with Gasteiger partial charge in [0.05, 0.1) is 28.0 Å². The predicted molar refractivity (Wildman–Crippen MR) is 320 cm³/mol. The van der Waals surface area contributed by atoms with Gasteiger partial charge >= 0.3 is 0 Å². The molecule has 0 aliphatic heterocycles. The first kappa shape index (κ1) is 39.8. The van der Waals surface area contributed by atoms with E-state index in [0.29, 0.717) is 28.0 Å². The van der Waals surface area contributed by atoms with Crippen LogP contribution >= 0.6 is 0 Å². The van der Waals surface area contributed by atoms with E-state index >= 15 is 0 Å². The zero-order valence-corrected chi connectivity index (χ0v) is 43.7. The number of benzene rings is 9. The van der Waals surface area contributed by atoms with Crippen molar-refractivity contribution in [1.29, 1.82) is 0 Å². The molecule has 4 heteroatoms. The summed E-state index contributed by atoms with van der Waals surface area (Å²) in [6, 6.07) is 71.9. The van der Waals surface area contributed by atoms with Crippen LogP contribution in [0.15, 0.2) is 225 Å². The van der Waals surface area contributed by atoms with E-state index in [1.807, 2.05) is 103 Å². The fourth-order valence-corrected chi connectivity index (χ4v) is 10.2. The second-order valence-electron chi connectivity index (χ2n) is 21.8. The number of aromatic nitrogens is 3. The summed E-state index contributed by atoms with van der Waals surface area (Å²) in [5.74, 6) is 0.626. The Morgan fingerprint density at radius 2 is 0.934 bits per heavy atom. The number of rotatable bonds is 9. The lowest BCUT2D eigenvalue weighted by atomic mass is 9.79. The maximum absolute atomic E-state index is 12.8. The third-order valence-corrected chi connectivity index (χ3v) is 14.4. The molecular formula is C72H65N3O. The fourth-order valence-electron chi connectivity index (χ4n) is 10.2. The van der Waals surface area contributed by atoms with E-state index in [-0.39, 0.29) is 16.7 Å². The van der Waals surface area contributed by atoms with Crippen molar-refractivity contribution in [2.75, 3.05) is 0 Å². The Kier molecular flexibility index (Phi) is 10.3. The molecule has 11 aromatic rings. The molecule has 374 valence electrons. The van der Waals surface area contributed by atoms with Gasteiger partial charge < -0.3 is 5.11 Å². The van der Waals surface area contributed by atoms with Crippen molar-refractivity contribution in [2.24, 2.45) is 0 Å². The van der Waals surface area contributed by atoms with Gasteiger partial charge in [-0.15, -0.1) is 0 Å². The van der Waals surface area contributed by atoms with E-state index < -0.39 is 31.4 Å². The average molecular weight is 997 g/mol. The largest absolute Gasteiger partial charge is 0.507 e. The van der Waals surface area contributed by atoms with Crippen LogP contribution in [0.1, 0.15) is 91.1 Å². The monoisotopic (exact) mass is 997 g/mol. The minimum atomic E-state index is -3.40. The molecule has 11 rings (SSSR count). The molecule has 0 aliphatic carbocycles. The number of phenolic OH excluding ortho intramolecular Hbond substituents is 1. The number of fused-ring (bicyclic) bond motifs is 1. The Morgan fingerprint density at radius 1 is 0.395 bits per heavy atom. The van der Waals surface area contributed by atoms with Crippen LogP contribution in [0, 0.1) is 0 Å². The van der Waals surface area contributed by atoms with E-state index in [2.05, 4.69) is 143 Å². The fraction of sp³-hybridized carbons (Fsp3) is 0.167. The van der Waals surface area contributed by atoms with Crippen LogP contribution in [0.4, 0.5) is 0 Å². The van der Waals surface area contributed by atoms with Crippen molar-refractivity contribution in [2.45, 2.75) is 78.3 Å². The van der Waals surface area contributed by atoms with Gasteiger partial charge in [0.1, 0.15) is 11.6 Å². The van der Waals surface area contributed by atoms with Gasteiger partial charge in [-0.1, -0.05) is 226 Å². The summed E-state index contributed by atoms with van der Waals surface area (Å²) >= 11 is 0. The Labute approximate surface area is 461 Å². The Morgan fingerprint density at radius 3 is 1.55 bits per heavy atom. The van der Waals surface area contributed by atoms with Crippen LogP contribution in [0.2, 0.25) is 0 Å². The van der Waals surface area contributed by atoms with Gasteiger partial charge in [0, 0.05) is 40.8 Å². The smallest absolute Gasteiger partial charge is 0.149 e. The number of nitrogens with zero attached hydrogens (tertiary/aromatic N) is 3. The molecule has 9 aromatic carbocycles. The second-order valence-corrected chi connectivity index (χ2v) is 21.8. The molecule has 0 saturated carbocycles. The van der Waals surface area contributed by atoms with Crippen molar-refractivity contribution in [3.05, 3.63) is 241 Å². The van der Waals surface area contributed by atoms with E-state index in [0.717, 1.165) is 89.2 Å². The number of pyridine rings is 1. The highest BCUT2D eigenvalue weighted by atomic mass is 16.3. The van der Waals surface area contributed by atoms with Gasteiger partial charge in [0.2, 0.25) is 0 Å². The molecule has 76 heavy (non-hydrogen) atoms. The average Bonchev–Trinajstić information content (AvgIpc) is 1.65. The molecule has 0 amide bonds. The summed E-state index contributed by atoms with van der Waals surface area (Å²) in [7, 11) is 0. The quantitative estimate of drug-likeness (QED) is 0.157. The van der Waals surface area contributed by atoms with Gasteiger partial charge in [-0.05, 0) is 138 Å². The normalized spacial score (nSPS) is 14.3. The lowest BCUT2D eigenvalue weighted by Crippen LogP contribution is -2.17. The van der Waals surface area contributed by atoms with Gasteiger partial charge in [-0.2, -0.15) is 0 Å². The molecular weight excluding hydrogens is 923 g/mol. The minimum Gasteiger partial charge on any atom is -0.507 e. The summed E-state index contributed by atoms with van der Waals surface area (Å²) in [6.45, 7) is 2.56. The van der Waals surface area contributed by atoms with Crippen LogP contribution in [0.3, 0.4) is 0 Å². The molecule has 0 atom stereocenters. The Bertz CT molecular complexity index is 4210. The number of hydrogen-bond acceptors (Lipinski definition) is 3. The predicted octanol–water partition coefficient (Wildman–Crippen LogP) is 19.4. The lowest BCUT2D eigenvalue weighted by Gasteiger charge is -2.27. The maximum atomic E-state index is 12.8. The van der Waals surface area contributed by atoms with Gasteiger partial charge in [-0.3, -0.25) is 9.55 Å². The van der Waals surface area contributed by atoms with Crippen LogP contribution in [-0.2, 0) is 16.2 Å². The number of hydrogen-bond donors (Lipinski definition) is 1. The summed E-state index contributed by atoms with van der Waals surface area (Å²) < 4.78 is 77.3. The van der Waals surface area contributed by atoms with E-state index in [1.54, 1.807) is 12.1 Å². The van der Waals surface area contributed by atoms with Gasteiger partial charge in [-0.25, -0.2) is 4.98 Å². The molecule has 0 unspecified atom stereocenters. The van der Waals surface area contributed by atoms with Crippen LogP contribution < -0.4 is 0 Å². The summed E-state index contributed by atoms with van der Waals surface area (Å²) in [5.41, 5.74) is 13.1. The van der Waals surface area contributed by atoms with Gasteiger partial charge in [0.15, 0.2) is 0 Å². The van der Waals surface area contributed by atoms with E-state index in [1.165, 1.54) is 12.1 Å². The molecule has 1 N–H and O–H groups in total. The topological polar surface area (TPSA) is 50.9 Å². The number of phenols is 1. The molecule has 0 bridgehead atoms. The van der Waals surface area contributed by atoms with Crippen molar-refractivity contribution in [1.82, 2.24) is 14.5 Å². The molecule has 2 heterocycles. The van der Waals surface area contributed by atoms with Crippen LogP contribution in [0.25, 0.3) is 106 Å². The maximum Gasteiger partial charge on any atom is 0.149 e. The van der Waals surface area contributed by atoms with E-state index in [9.17, 15) is 5.11 Å². The zero-order valence-electron chi connectivity index (χ0n) is 52.7. The second kappa shape index (κ2) is 19.6. The number of imidazole rings is 1. The Balaban J connectivity index is 1.14. The van der Waals surface area contributed by atoms with Crippen molar-refractivity contribution in [3.63, 3.8) is 0 Å². The van der Waals surface area contributed by atoms with Crippen molar-refractivity contribution in [3.8, 4) is 101 Å². The van der Waals surface area contributed by atoms with Crippen LogP contribution in [-0.4, -0.2) is 19.6 Å². The van der Waals surface area contributed by atoms with Gasteiger partial charge in [0.25, 0.3) is 0 Å². The molecule has 2 aromatic heterocycles. The highest BCUT2D eigenvalue weighted by molar-refractivity contribution is 5.99. The third-order valence-electron chi connectivity index (χ3n) is 14.4. The summed E-state index contributed by atoms with van der Waals surface area (Å²) in [4.78, 5) is 10.7. The van der Waals surface area contributed by atoms with Crippen LogP contribution in [0.5, 0.6) is 5.75 Å².